The third kappa shape index (κ3) is 1.79. The van der Waals surface area contributed by atoms with Crippen LogP contribution in [0.25, 0.3) is 0 Å². The second-order valence-corrected chi connectivity index (χ2v) is 2.29. The van der Waals surface area contributed by atoms with Gasteiger partial charge >= 0.3 is 6.18 Å². The number of aromatic nitrogens is 1. The lowest BCUT2D eigenvalue weighted by Crippen LogP contribution is -2.12. The van der Waals surface area contributed by atoms with E-state index < -0.39 is 29.2 Å². The Morgan fingerprint density at radius 2 is 1.77 bits per heavy atom. The molecule has 0 saturated carbocycles. The van der Waals surface area contributed by atoms with E-state index in [-0.39, 0.29) is 0 Å². The van der Waals surface area contributed by atoms with Gasteiger partial charge in [-0.05, 0) is 6.07 Å². The molecule has 7 heteroatoms. The molecule has 1 rings (SSSR count). The molecule has 0 radical (unpaired) electrons. The number of alkyl halides is 3. The van der Waals surface area contributed by atoms with Gasteiger partial charge in [-0.15, -0.1) is 0 Å². The van der Waals surface area contributed by atoms with Gasteiger partial charge in [0, 0.05) is 0 Å². The van der Waals surface area contributed by atoms with Crippen molar-refractivity contribution in [2.45, 2.75) is 6.18 Å². The Kier molecular flexibility index (Phi) is 2.02. The number of nitrogens with two attached hydrogens (primary N) is 2. The highest BCUT2D eigenvalue weighted by Gasteiger charge is 2.35. The van der Waals surface area contributed by atoms with Crippen LogP contribution in [0.5, 0.6) is 0 Å². The molecule has 0 fully saturated rings. The van der Waals surface area contributed by atoms with Crippen molar-refractivity contribution in [1.82, 2.24) is 4.98 Å². The number of nitrogens with zero attached hydrogens (tertiary/aromatic N) is 1. The molecule has 0 aliphatic carbocycles. The number of rotatable bonds is 0. The minimum atomic E-state index is -4.81. The summed E-state index contributed by atoms with van der Waals surface area (Å²) in [5, 5.41) is 0. The SMILES string of the molecule is Nc1cc(C(F)(F)F)c(F)c(N)n1. The lowest BCUT2D eigenvalue weighted by Gasteiger charge is -2.09. The highest BCUT2D eigenvalue weighted by atomic mass is 19.4. The molecule has 0 aliphatic heterocycles. The zero-order valence-corrected chi connectivity index (χ0v) is 6.19. The molecular formula is C6H5F4N3. The molecule has 0 amide bonds. The Labute approximate surface area is 70.4 Å². The first-order chi connectivity index (χ1) is 5.82. The lowest BCUT2D eigenvalue weighted by molar-refractivity contribution is -0.139. The molecule has 4 N–H and O–H groups in total. The fourth-order valence-corrected chi connectivity index (χ4v) is 0.776. The Morgan fingerprint density at radius 3 is 2.23 bits per heavy atom. The number of nitrogen functional groups attached to an aromatic ring is 2. The van der Waals surface area contributed by atoms with E-state index >= 15 is 0 Å². The molecule has 0 saturated heterocycles. The summed E-state index contributed by atoms with van der Waals surface area (Å²) >= 11 is 0. The minimum Gasteiger partial charge on any atom is -0.384 e. The van der Waals surface area contributed by atoms with E-state index in [1.807, 2.05) is 0 Å². The lowest BCUT2D eigenvalue weighted by atomic mass is 10.2. The number of hydrogen-bond acceptors (Lipinski definition) is 3. The number of pyridine rings is 1. The summed E-state index contributed by atoms with van der Waals surface area (Å²) in [6.07, 6.45) is -4.81. The number of anilines is 2. The fourth-order valence-electron chi connectivity index (χ4n) is 0.776. The predicted molar refractivity (Wildman–Crippen MR) is 38.0 cm³/mol. The molecule has 0 aliphatic rings. The van der Waals surface area contributed by atoms with E-state index in [1.54, 1.807) is 0 Å². The van der Waals surface area contributed by atoms with E-state index in [9.17, 15) is 17.6 Å². The molecular weight excluding hydrogens is 190 g/mol. The molecule has 1 aromatic heterocycles. The first-order valence-corrected chi connectivity index (χ1v) is 3.11. The van der Waals surface area contributed by atoms with Gasteiger partial charge < -0.3 is 11.5 Å². The van der Waals surface area contributed by atoms with E-state index in [0.717, 1.165) is 0 Å². The molecule has 0 spiro atoms. The first-order valence-electron chi connectivity index (χ1n) is 3.11. The fraction of sp³-hybridized carbons (Fsp3) is 0.167. The molecule has 13 heavy (non-hydrogen) atoms. The average molecular weight is 195 g/mol. The zero-order chi connectivity index (χ0) is 10.2. The first kappa shape index (κ1) is 9.56. The second kappa shape index (κ2) is 2.75. The van der Waals surface area contributed by atoms with Crippen molar-refractivity contribution >= 4 is 11.6 Å². The Bertz CT molecular complexity index is 333. The van der Waals surface area contributed by atoms with E-state index in [4.69, 9.17) is 11.5 Å². The smallest absolute Gasteiger partial charge is 0.384 e. The summed E-state index contributed by atoms with van der Waals surface area (Å²) in [7, 11) is 0. The molecule has 1 heterocycles. The highest BCUT2D eigenvalue weighted by molar-refractivity contribution is 5.46. The van der Waals surface area contributed by atoms with E-state index in [0.29, 0.717) is 6.07 Å². The van der Waals surface area contributed by atoms with Crippen LogP contribution < -0.4 is 11.5 Å². The molecule has 0 atom stereocenters. The van der Waals surface area contributed by atoms with Gasteiger partial charge in [-0.2, -0.15) is 13.2 Å². The topological polar surface area (TPSA) is 64.9 Å². The molecule has 72 valence electrons. The third-order valence-electron chi connectivity index (χ3n) is 1.31. The van der Waals surface area contributed by atoms with Crippen molar-refractivity contribution in [3.8, 4) is 0 Å². The van der Waals surface area contributed by atoms with Gasteiger partial charge in [0.25, 0.3) is 0 Å². The number of hydrogen-bond donors (Lipinski definition) is 2. The largest absolute Gasteiger partial charge is 0.419 e. The molecule has 1 aromatic rings. The second-order valence-electron chi connectivity index (χ2n) is 2.29. The average Bonchev–Trinajstić information content (AvgIpc) is 1.94. The van der Waals surface area contributed by atoms with Gasteiger partial charge in [0.1, 0.15) is 5.82 Å². The van der Waals surface area contributed by atoms with Crippen LogP contribution in [0.3, 0.4) is 0 Å². The van der Waals surface area contributed by atoms with Crippen molar-refractivity contribution < 1.29 is 17.6 Å². The molecule has 0 bridgehead atoms. The summed E-state index contributed by atoms with van der Waals surface area (Å²) in [5.74, 6) is -2.92. The minimum absolute atomic E-state index is 0.395. The van der Waals surface area contributed by atoms with Crippen molar-refractivity contribution in [2.24, 2.45) is 0 Å². The summed E-state index contributed by atoms with van der Waals surface area (Å²) in [5.41, 5.74) is 8.32. The summed E-state index contributed by atoms with van der Waals surface area (Å²) < 4.78 is 48.8. The molecule has 0 unspecified atom stereocenters. The van der Waals surface area contributed by atoms with Crippen molar-refractivity contribution in [2.75, 3.05) is 11.5 Å². The van der Waals surface area contributed by atoms with Crippen LogP contribution in [0, 0.1) is 5.82 Å². The van der Waals surface area contributed by atoms with Gasteiger partial charge in [0.2, 0.25) is 0 Å². The molecule has 3 nitrogen and oxygen atoms in total. The number of halogens is 4. The zero-order valence-electron chi connectivity index (χ0n) is 6.19. The maximum absolute atomic E-state index is 12.7. The van der Waals surface area contributed by atoms with Gasteiger partial charge in [0.15, 0.2) is 11.6 Å². The Balaban J connectivity index is 3.37. The van der Waals surface area contributed by atoms with Crippen LogP contribution >= 0.6 is 0 Å². The maximum Gasteiger partial charge on any atom is 0.419 e. The van der Waals surface area contributed by atoms with Crippen LogP contribution in [0.15, 0.2) is 6.07 Å². The van der Waals surface area contributed by atoms with Gasteiger partial charge in [-0.3, -0.25) is 0 Å². The van der Waals surface area contributed by atoms with Gasteiger partial charge in [-0.25, -0.2) is 9.37 Å². The van der Waals surface area contributed by atoms with E-state index in [1.165, 1.54) is 0 Å². The summed E-state index contributed by atoms with van der Waals surface area (Å²) in [6.45, 7) is 0. The van der Waals surface area contributed by atoms with Crippen LogP contribution in [0.1, 0.15) is 5.56 Å². The van der Waals surface area contributed by atoms with Crippen LogP contribution in [0.2, 0.25) is 0 Å². The van der Waals surface area contributed by atoms with Gasteiger partial charge in [0.05, 0.1) is 5.56 Å². The normalized spacial score (nSPS) is 11.7. The van der Waals surface area contributed by atoms with Crippen LogP contribution in [-0.2, 0) is 6.18 Å². The van der Waals surface area contributed by atoms with Crippen molar-refractivity contribution in [3.05, 3.63) is 17.4 Å². The highest BCUT2D eigenvalue weighted by Crippen LogP contribution is 2.33. The monoisotopic (exact) mass is 195 g/mol. The van der Waals surface area contributed by atoms with E-state index in [2.05, 4.69) is 4.98 Å². The molecule has 0 aromatic carbocycles. The van der Waals surface area contributed by atoms with Gasteiger partial charge in [-0.1, -0.05) is 0 Å². The van der Waals surface area contributed by atoms with Crippen LogP contribution in [-0.4, -0.2) is 4.98 Å². The van der Waals surface area contributed by atoms with Crippen molar-refractivity contribution in [1.29, 1.82) is 0 Å². The summed E-state index contributed by atoms with van der Waals surface area (Å²) in [4.78, 5) is 3.13. The predicted octanol–water partition coefficient (Wildman–Crippen LogP) is 1.40. The summed E-state index contributed by atoms with van der Waals surface area (Å²) in [6, 6.07) is 0.395. The maximum atomic E-state index is 12.7. The van der Waals surface area contributed by atoms with Crippen molar-refractivity contribution in [3.63, 3.8) is 0 Å². The standard InChI is InChI=1S/C6H5F4N3/c7-4-2(6(8,9)10)1-3(11)13-5(4)12/h1H,(H4,11,12,13). The third-order valence-corrected chi connectivity index (χ3v) is 1.31. The Hall–Kier alpha value is -1.53. The quantitative estimate of drug-likeness (QED) is 0.615. The Morgan fingerprint density at radius 1 is 1.23 bits per heavy atom. The van der Waals surface area contributed by atoms with Crippen LogP contribution in [0.4, 0.5) is 29.2 Å².